The Bertz CT molecular complexity index is 278. The minimum absolute atomic E-state index is 0.0143. The predicted molar refractivity (Wildman–Crippen MR) is 57.9 cm³/mol. The lowest BCUT2D eigenvalue weighted by Gasteiger charge is -2.08. The quantitative estimate of drug-likeness (QED) is 0.359. The molecule has 0 saturated carbocycles. The second-order valence-electron chi connectivity index (χ2n) is 3.52. The highest BCUT2D eigenvalue weighted by Crippen LogP contribution is 2.11. The van der Waals surface area contributed by atoms with E-state index in [-0.39, 0.29) is 31.7 Å². The largest absolute Gasteiger partial charge is 0.469 e. The van der Waals surface area contributed by atoms with E-state index in [9.17, 15) is 19.7 Å². The monoisotopic (exact) mass is 247 g/mol. The van der Waals surface area contributed by atoms with E-state index in [0.29, 0.717) is 6.42 Å². The summed E-state index contributed by atoms with van der Waals surface area (Å²) >= 11 is 0. The minimum Gasteiger partial charge on any atom is -0.469 e. The molecule has 0 amide bonds. The van der Waals surface area contributed by atoms with Gasteiger partial charge in [-0.05, 0) is 6.42 Å². The van der Waals surface area contributed by atoms with Crippen molar-refractivity contribution in [2.75, 3.05) is 14.2 Å². The smallest absolute Gasteiger partial charge is 0.305 e. The Hall–Kier alpha value is -1.66. The summed E-state index contributed by atoms with van der Waals surface area (Å²) < 4.78 is 8.83. The van der Waals surface area contributed by atoms with E-state index in [1.807, 2.05) is 0 Å². The standard InChI is InChI=1S/C10H17NO6/c1-16-9(12)5-3-4-8(11(14)15)6-7-10(13)17-2/h8H,3-7H2,1-2H3. The Morgan fingerprint density at radius 2 is 1.65 bits per heavy atom. The van der Waals surface area contributed by atoms with E-state index in [4.69, 9.17) is 0 Å². The minimum atomic E-state index is -0.821. The van der Waals surface area contributed by atoms with Gasteiger partial charge in [-0.25, -0.2) is 0 Å². The van der Waals surface area contributed by atoms with E-state index >= 15 is 0 Å². The topological polar surface area (TPSA) is 95.7 Å². The first-order valence-electron chi connectivity index (χ1n) is 5.28. The molecule has 0 fully saturated rings. The Kier molecular flexibility index (Phi) is 7.66. The van der Waals surface area contributed by atoms with Crippen molar-refractivity contribution >= 4 is 11.9 Å². The maximum absolute atomic E-state index is 10.8. The molecule has 98 valence electrons. The fraction of sp³-hybridized carbons (Fsp3) is 0.800. The van der Waals surface area contributed by atoms with Crippen LogP contribution in [0.5, 0.6) is 0 Å². The highest BCUT2D eigenvalue weighted by Gasteiger charge is 2.21. The van der Waals surface area contributed by atoms with Crippen molar-refractivity contribution in [1.29, 1.82) is 0 Å². The summed E-state index contributed by atoms with van der Waals surface area (Å²) in [5.74, 6) is -0.857. The molecule has 0 saturated heterocycles. The van der Waals surface area contributed by atoms with Crippen molar-refractivity contribution in [2.24, 2.45) is 0 Å². The van der Waals surface area contributed by atoms with Crippen LogP contribution in [-0.4, -0.2) is 37.1 Å². The van der Waals surface area contributed by atoms with E-state index < -0.39 is 16.9 Å². The van der Waals surface area contributed by atoms with Gasteiger partial charge in [-0.3, -0.25) is 19.7 Å². The third-order valence-corrected chi connectivity index (χ3v) is 2.35. The lowest BCUT2D eigenvalue weighted by Crippen LogP contribution is -2.21. The van der Waals surface area contributed by atoms with Gasteiger partial charge in [-0.2, -0.15) is 0 Å². The summed E-state index contributed by atoms with van der Waals surface area (Å²) in [5.41, 5.74) is 0. The molecule has 0 aromatic heterocycles. The predicted octanol–water partition coefficient (Wildman–Crippen LogP) is 0.928. The first-order valence-corrected chi connectivity index (χ1v) is 5.28. The summed E-state index contributed by atoms with van der Waals surface area (Å²) in [4.78, 5) is 31.9. The van der Waals surface area contributed by atoms with Crippen LogP contribution in [0, 0.1) is 10.1 Å². The van der Waals surface area contributed by atoms with Gasteiger partial charge in [0.05, 0.1) is 20.6 Å². The van der Waals surface area contributed by atoms with Crippen molar-refractivity contribution in [3.05, 3.63) is 10.1 Å². The normalized spacial score (nSPS) is 11.6. The molecule has 17 heavy (non-hydrogen) atoms. The summed E-state index contributed by atoms with van der Waals surface area (Å²) in [6.07, 6.45) is 0.916. The first-order chi connectivity index (χ1) is 8.01. The fourth-order valence-electron chi connectivity index (χ4n) is 1.33. The maximum Gasteiger partial charge on any atom is 0.305 e. The van der Waals surface area contributed by atoms with Gasteiger partial charge in [-0.1, -0.05) is 0 Å². The molecule has 0 bridgehead atoms. The average molecular weight is 247 g/mol. The molecule has 0 radical (unpaired) electrons. The highest BCUT2D eigenvalue weighted by molar-refractivity contribution is 5.69. The number of hydrogen-bond donors (Lipinski definition) is 0. The molecule has 0 spiro atoms. The molecule has 7 heteroatoms. The van der Waals surface area contributed by atoms with Gasteiger partial charge >= 0.3 is 11.9 Å². The summed E-state index contributed by atoms with van der Waals surface area (Å²) in [6, 6.07) is -0.821. The number of nitrogens with zero attached hydrogens (tertiary/aromatic N) is 1. The summed E-state index contributed by atoms with van der Waals surface area (Å²) in [7, 11) is 2.51. The lowest BCUT2D eigenvalue weighted by atomic mass is 10.1. The van der Waals surface area contributed by atoms with Gasteiger partial charge in [0.25, 0.3) is 0 Å². The van der Waals surface area contributed by atoms with Crippen LogP contribution in [-0.2, 0) is 19.1 Å². The Balaban J connectivity index is 3.95. The number of methoxy groups -OCH3 is 2. The zero-order valence-corrected chi connectivity index (χ0v) is 10.0. The third kappa shape index (κ3) is 7.26. The van der Waals surface area contributed by atoms with Gasteiger partial charge in [0.2, 0.25) is 6.04 Å². The number of ether oxygens (including phenoxy) is 2. The van der Waals surface area contributed by atoms with Crippen molar-refractivity contribution in [3.63, 3.8) is 0 Å². The molecule has 1 unspecified atom stereocenters. The second-order valence-corrected chi connectivity index (χ2v) is 3.52. The number of carbonyl (C=O) groups is 2. The number of hydrogen-bond acceptors (Lipinski definition) is 6. The molecular weight excluding hydrogens is 230 g/mol. The lowest BCUT2D eigenvalue weighted by molar-refractivity contribution is -0.524. The molecular formula is C10H17NO6. The van der Waals surface area contributed by atoms with Gasteiger partial charge in [0, 0.05) is 24.2 Å². The highest BCUT2D eigenvalue weighted by atomic mass is 16.6. The van der Waals surface area contributed by atoms with Crippen LogP contribution in [0.25, 0.3) is 0 Å². The molecule has 1 atom stereocenters. The van der Waals surface area contributed by atoms with Crippen LogP contribution < -0.4 is 0 Å². The molecule has 7 nitrogen and oxygen atoms in total. The molecule has 0 aliphatic rings. The fourth-order valence-corrected chi connectivity index (χ4v) is 1.33. The summed E-state index contributed by atoms with van der Waals surface area (Å²) in [5, 5.41) is 10.7. The number of nitro groups is 1. The SMILES string of the molecule is COC(=O)CCCC(CCC(=O)OC)[N+](=O)[O-]. The van der Waals surface area contributed by atoms with Crippen LogP contribution in [0.3, 0.4) is 0 Å². The van der Waals surface area contributed by atoms with E-state index in [1.165, 1.54) is 14.2 Å². The van der Waals surface area contributed by atoms with Gasteiger partial charge in [0.1, 0.15) is 0 Å². The molecule has 0 heterocycles. The van der Waals surface area contributed by atoms with Gasteiger partial charge in [0.15, 0.2) is 0 Å². The molecule has 0 aliphatic carbocycles. The van der Waals surface area contributed by atoms with Crippen molar-refractivity contribution < 1.29 is 24.0 Å². The van der Waals surface area contributed by atoms with Crippen LogP contribution in [0.4, 0.5) is 0 Å². The molecule has 0 aromatic rings. The van der Waals surface area contributed by atoms with E-state index in [0.717, 1.165) is 0 Å². The Morgan fingerprint density at radius 1 is 1.12 bits per heavy atom. The Morgan fingerprint density at radius 3 is 2.12 bits per heavy atom. The van der Waals surface area contributed by atoms with E-state index in [1.54, 1.807) is 0 Å². The molecule has 0 aromatic carbocycles. The maximum atomic E-state index is 10.8. The average Bonchev–Trinajstić information content (AvgIpc) is 2.31. The zero-order valence-electron chi connectivity index (χ0n) is 10.0. The summed E-state index contributed by atoms with van der Waals surface area (Å²) in [6.45, 7) is 0. The second kappa shape index (κ2) is 8.49. The molecule has 0 N–H and O–H groups in total. The van der Waals surface area contributed by atoms with Crippen molar-refractivity contribution in [3.8, 4) is 0 Å². The third-order valence-electron chi connectivity index (χ3n) is 2.35. The van der Waals surface area contributed by atoms with Gasteiger partial charge in [-0.15, -0.1) is 0 Å². The first kappa shape index (κ1) is 15.3. The van der Waals surface area contributed by atoms with Crippen LogP contribution >= 0.6 is 0 Å². The van der Waals surface area contributed by atoms with Crippen LogP contribution in [0.2, 0.25) is 0 Å². The van der Waals surface area contributed by atoms with Gasteiger partial charge < -0.3 is 9.47 Å². The number of esters is 2. The molecule has 0 rings (SSSR count). The van der Waals surface area contributed by atoms with E-state index in [2.05, 4.69) is 9.47 Å². The van der Waals surface area contributed by atoms with Crippen molar-refractivity contribution in [1.82, 2.24) is 0 Å². The van der Waals surface area contributed by atoms with Crippen LogP contribution in [0.15, 0.2) is 0 Å². The Labute approximate surface area is 99.2 Å². The number of rotatable bonds is 8. The zero-order chi connectivity index (χ0) is 13.3. The van der Waals surface area contributed by atoms with Crippen LogP contribution in [0.1, 0.15) is 32.1 Å². The number of carbonyl (C=O) groups excluding carboxylic acids is 2. The molecule has 0 aliphatic heterocycles. The van der Waals surface area contributed by atoms with Crippen molar-refractivity contribution in [2.45, 2.75) is 38.1 Å².